The predicted octanol–water partition coefficient (Wildman–Crippen LogP) is 3.74. The van der Waals surface area contributed by atoms with Crippen LogP contribution in [0, 0.1) is 0 Å². The first-order valence-electron chi connectivity index (χ1n) is 9.61. The second-order valence-corrected chi connectivity index (χ2v) is 7.21. The molecule has 4 rings (SSSR count). The summed E-state index contributed by atoms with van der Waals surface area (Å²) in [6.45, 7) is 2.86. The van der Waals surface area contributed by atoms with Crippen LogP contribution in [-0.2, 0) is 11.3 Å². The molecule has 4 heteroatoms. The van der Waals surface area contributed by atoms with Gasteiger partial charge >= 0.3 is 0 Å². The maximum atomic E-state index is 12.8. The van der Waals surface area contributed by atoms with Gasteiger partial charge in [0.05, 0.1) is 0 Å². The summed E-state index contributed by atoms with van der Waals surface area (Å²) in [6, 6.07) is 18.0. The molecule has 0 saturated carbocycles. The van der Waals surface area contributed by atoms with E-state index >= 15 is 0 Å². The van der Waals surface area contributed by atoms with Crippen LogP contribution < -0.4 is 0 Å². The highest BCUT2D eigenvalue weighted by Gasteiger charge is 2.21. The molecule has 2 heterocycles. The lowest BCUT2D eigenvalue weighted by Crippen LogP contribution is -2.34. The molecule has 2 amide bonds. The molecule has 0 aliphatic carbocycles. The number of carbonyl (C=O) groups is 2. The van der Waals surface area contributed by atoms with Gasteiger partial charge in [0.1, 0.15) is 0 Å². The van der Waals surface area contributed by atoms with Crippen molar-refractivity contribution in [3.05, 3.63) is 77.4 Å². The summed E-state index contributed by atoms with van der Waals surface area (Å²) in [7, 11) is 0. The first kappa shape index (κ1) is 17.5. The quantitative estimate of drug-likeness (QED) is 0.833. The molecular weight excluding hydrogens is 336 g/mol. The van der Waals surface area contributed by atoms with Gasteiger partial charge in [0.25, 0.3) is 5.91 Å². The Labute approximate surface area is 160 Å². The van der Waals surface area contributed by atoms with Gasteiger partial charge < -0.3 is 9.80 Å². The molecule has 0 aromatic heterocycles. The van der Waals surface area contributed by atoms with Crippen molar-refractivity contribution < 1.29 is 9.59 Å². The van der Waals surface area contributed by atoms with E-state index in [1.807, 2.05) is 52.3 Å². The number of likely N-dealkylation sites (tertiary alicyclic amines) is 1. The van der Waals surface area contributed by atoms with Crippen LogP contribution in [0.3, 0.4) is 0 Å². The fraction of sp³-hybridized carbons (Fsp3) is 0.304. The summed E-state index contributed by atoms with van der Waals surface area (Å²) in [5, 5.41) is 0. The molecule has 2 aromatic rings. The van der Waals surface area contributed by atoms with E-state index in [1.54, 1.807) is 0 Å². The van der Waals surface area contributed by atoms with Crippen LogP contribution in [0.15, 0.2) is 60.7 Å². The molecule has 0 unspecified atom stereocenters. The van der Waals surface area contributed by atoms with E-state index in [-0.39, 0.29) is 11.8 Å². The molecule has 1 saturated heterocycles. The maximum absolute atomic E-state index is 12.8. The van der Waals surface area contributed by atoms with Crippen LogP contribution in [0.1, 0.15) is 40.7 Å². The van der Waals surface area contributed by atoms with Gasteiger partial charge in [0.15, 0.2) is 0 Å². The molecule has 0 N–H and O–H groups in total. The Bertz CT molecular complexity index is 856. The highest BCUT2D eigenvalue weighted by atomic mass is 16.2. The third-order valence-electron chi connectivity index (χ3n) is 5.39. The zero-order valence-electron chi connectivity index (χ0n) is 15.4. The lowest BCUT2D eigenvalue weighted by molar-refractivity contribution is -0.128. The second-order valence-electron chi connectivity index (χ2n) is 7.21. The van der Waals surface area contributed by atoms with Crippen molar-refractivity contribution in [2.45, 2.75) is 25.8 Å². The van der Waals surface area contributed by atoms with Crippen LogP contribution in [-0.4, -0.2) is 41.2 Å². The number of carbonyl (C=O) groups excluding carboxylic acids is 2. The number of benzene rings is 2. The molecule has 0 bridgehead atoms. The van der Waals surface area contributed by atoms with Crippen LogP contribution in [0.2, 0.25) is 0 Å². The summed E-state index contributed by atoms with van der Waals surface area (Å²) in [5.41, 5.74) is 4.34. The number of nitrogens with zero attached hydrogens (tertiary/aromatic N) is 2. The minimum atomic E-state index is 0.0714. The Kier molecular flexibility index (Phi) is 5.05. The average Bonchev–Trinajstić information content (AvgIpc) is 3.13. The minimum absolute atomic E-state index is 0.0714. The number of amides is 2. The van der Waals surface area contributed by atoms with Crippen molar-refractivity contribution in [1.29, 1.82) is 0 Å². The molecule has 0 atom stereocenters. The van der Waals surface area contributed by atoms with Gasteiger partial charge in [-0.2, -0.15) is 0 Å². The summed E-state index contributed by atoms with van der Waals surface area (Å²) in [4.78, 5) is 28.3. The highest BCUT2D eigenvalue weighted by molar-refractivity contribution is 5.94. The zero-order valence-corrected chi connectivity index (χ0v) is 15.4. The number of hydrogen-bond donors (Lipinski definition) is 0. The Hall–Kier alpha value is -2.88. The lowest BCUT2D eigenvalue weighted by Gasteiger charge is -2.27. The third-order valence-corrected chi connectivity index (χ3v) is 5.39. The standard InChI is InChI=1S/C23H24N2O2/c26-22-7-4-14-25(22)17-18-8-10-21(11-9-18)23(27)24-15-12-20(13-16-24)19-5-2-1-3-6-19/h1-3,5-6,8-12H,4,7,13-17H2. The smallest absolute Gasteiger partial charge is 0.254 e. The van der Waals surface area contributed by atoms with E-state index in [9.17, 15) is 9.59 Å². The number of hydrogen-bond acceptors (Lipinski definition) is 2. The zero-order chi connectivity index (χ0) is 18.6. The summed E-state index contributed by atoms with van der Waals surface area (Å²) >= 11 is 0. The number of rotatable bonds is 4. The fourth-order valence-corrected chi connectivity index (χ4v) is 3.79. The van der Waals surface area contributed by atoms with Crippen molar-refractivity contribution in [3.8, 4) is 0 Å². The Balaban J connectivity index is 1.38. The predicted molar refractivity (Wildman–Crippen MR) is 106 cm³/mol. The highest BCUT2D eigenvalue weighted by Crippen LogP contribution is 2.23. The summed E-state index contributed by atoms with van der Waals surface area (Å²) in [5.74, 6) is 0.298. The van der Waals surface area contributed by atoms with Crippen molar-refractivity contribution in [3.63, 3.8) is 0 Å². The second kappa shape index (κ2) is 7.78. The fourth-order valence-electron chi connectivity index (χ4n) is 3.79. The van der Waals surface area contributed by atoms with E-state index in [2.05, 4.69) is 18.2 Å². The lowest BCUT2D eigenvalue weighted by atomic mass is 9.99. The summed E-state index contributed by atoms with van der Waals surface area (Å²) in [6.07, 6.45) is 4.64. The van der Waals surface area contributed by atoms with Crippen LogP contribution in [0.25, 0.3) is 5.57 Å². The van der Waals surface area contributed by atoms with Crippen molar-refractivity contribution in [2.24, 2.45) is 0 Å². The van der Waals surface area contributed by atoms with Crippen molar-refractivity contribution in [2.75, 3.05) is 19.6 Å². The van der Waals surface area contributed by atoms with Crippen LogP contribution >= 0.6 is 0 Å². The molecule has 0 spiro atoms. The van der Waals surface area contributed by atoms with Crippen molar-refractivity contribution >= 4 is 17.4 Å². The van der Waals surface area contributed by atoms with E-state index in [1.165, 1.54) is 11.1 Å². The SMILES string of the molecule is O=C1CCCN1Cc1ccc(C(=O)N2CC=C(c3ccccc3)CC2)cc1. The minimum Gasteiger partial charge on any atom is -0.338 e. The Morgan fingerprint density at radius 2 is 1.70 bits per heavy atom. The van der Waals surface area contributed by atoms with Crippen LogP contribution in [0.4, 0.5) is 0 Å². The van der Waals surface area contributed by atoms with Gasteiger partial charge in [-0.05, 0) is 41.7 Å². The maximum Gasteiger partial charge on any atom is 0.254 e. The Morgan fingerprint density at radius 1 is 0.926 bits per heavy atom. The molecular formula is C23H24N2O2. The Morgan fingerprint density at radius 3 is 2.33 bits per heavy atom. The first-order valence-corrected chi connectivity index (χ1v) is 9.61. The van der Waals surface area contributed by atoms with Gasteiger partial charge in [0.2, 0.25) is 5.91 Å². The molecule has 4 nitrogen and oxygen atoms in total. The van der Waals surface area contributed by atoms with Crippen molar-refractivity contribution in [1.82, 2.24) is 9.80 Å². The topological polar surface area (TPSA) is 40.6 Å². The molecule has 1 fully saturated rings. The monoisotopic (exact) mass is 360 g/mol. The van der Waals surface area contributed by atoms with E-state index in [0.717, 1.165) is 31.5 Å². The normalized spacial score (nSPS) is 17.2. The molecule has 138 valence electrons. The molecule has 27 heavy (non-hydrogen) atoms. The van der Waals surface area contributed by atoms with Gasteiger partial charge in [0, 0.05) is 38.2 Å². The van der Waals surface area contributed by atoms with Gasteiger partial charge in [-0.25, -0.2) is 0 Å². The molecule has 2 aromatic carbocycles. The summed E-state index contributed by atoms with van der Waals surface area (Å²) < 4.78 is 0. The largest absolute Gasteiger partial charge is 0.338 e. The molecule has 2 aliphatic heterocycles. The van der Waals surface area contributed by atoms with Crippen LogP contribution in [0.5, 0.6) is 0 Å². The molecule has 0 radical (unpaired) electrons. The average molecular weight is 360 g/mol. The first-order chi connectivity index (χ1) is 13.2. The molecule has 2 aliphatic rings. The van der Waals surface area contributed by atoms with Gasteiger partial charge in [-0.1, -0.05) is 48.5 Å². The van der Waals surface area contributed by atoms with E-state index in [0.29, 0.717) is 25.1 Å². The van der Waals surface area contributed by atoms with Gasteiger partial charge in [-0.15, -0.1) is 0 Å². The third kappa shape index (κ3) is 3.95. The van der Waals surface area contributed by atoms with E-state index in [4.69, 9.17) is 0 Å². The van der Waals surface area contributed by atoms with Gasteiger partial charge in [-0.3, -0.25) is 9.59 Å². The van der Waals surface area contributed by atoms with E-state index < -0.39 is 0 Å².